The second-order valence-corrected chi connectivity index (χ2v) is 12.0. The maximum absolute atomic E-state index is 12.7. The van der Waals surface area contributed by atoms with Crippen LogP contribution in [0.1, 0.15) is 0 Å². The first kappa shape index (κ1) is 40.2. The maximum atomic E-state index is 12.7. The van der Waals surface area contributed by atoms with Crippen LogP contribution in [0.2, 0.25) is 0 Å². The van der Waals surface area contributed by atoms with Gasteiger partial charge in [0.1, 0.15) is 36.6 Å². The Hall–Kier alpha value is -0.970. The molecule has 2 saturated heterocycles. The number of carbonyl (C=O) groups is 1. The van der Waals surface area contributed by atoms with Crippen molar-refractivity contribution >= 4 is 49.5 Å². The maximum Gasteiger partial charge on any atom is 0.397 e. The predicted molar refractivity (Wildman–Crippen MR) is 135 cm³/mol. The molecule has 0 amide bonds. The highest BCUT2D eigenvalue weighted by molar-refractivity contribution is 7.89. The van der Waals surface area contributed by atoms with Gasteiger partial charge in [0.25, 0.3) is 0 Å². The zero-order chi connectivity index (χ0) is 34.2. The third kappa shape index (κ3) is 12.2. The standard InChI is InChI=1S/C17H30O24S4/c1-28-9-10(37-42-41-40-32-5)12(15(18)30-3)36-17(13(9)29-2)35-8-7(6-33-43(19,20)21)34-16(31-4)14(39-45(25,26)27)11(8)38-44(22,23)24/h7-14,16-17H,6H2,1-5H3,(H,19,20,21)(H,22,23,24)(H,25,26,27)/t7-,8+,9-,10-,11?,12?,13?,14?,16-,17+/m0/s1. The van der Waals surface area contributed by atoms with Gasteiger partial charge in [-0.15, -0.1) is 4.33 Å². The molecule has 4 unspecified atom stereocenters. The van der Waals surface area contributed by atoms with Gasteiger partial charge in [0, 0.05) is 21.3 Å². The highest BCUT2D eigenvalue weighted by Crippen LogP contribution is 2.36. The Morgan fingerprint density at radius 3 is 1.80 bits per heavy atom. The SMILES string of the molecule is COOOSO[C@@H]1C(C(=O)OC)O[C@@H](O[C@H]2C(OS(=O)(=O)O)C(OS(=O)(=O)O)[C@@H](OC)O[C@H]2COS(=O)(=O)O)C(OC)[C@H]1OC. The molecule has 0 spiro atoms. The van der Waals surface area contributed by atoms with Crippen LogP contribution in [0.4, 0.5) is 0 Å². The van der Waals surface area contributed by atoms with Crippen LogP contribution < -0.4 is 0 Å². The van der Waals surface area contributed by atoms with E-state index in [2.05, 4.69) is 26.8 Å². The molecule has 45 heavy (non-hydrogen) atoms. The summed E-state index contributed by atoms with van der Waals surface area (Å²) in [5, 5.41) is 4.19. The van der Waals surface area contributed by atoms with Crippen LogP contribution in [0.25, 0.3) is 0 Å². The third-order valence-electron chi connectivity index (χ3n) is 5.71. The van der Waals surface area contributed by atoms with Crippen LogP contribution in [0, 0.1) is 0 Å². The van der Waals surface area contributed by atoms with Gasteiger partial charge in [-0.3, -0.25) is 17.8 Å². The number of carbonyl (C=O) groups excluding carboxylic acids is 1. The minimum absolute atomic E-state index is 0.155. The van der Waals surface area contributed by atoms with Crippen LogP contribution in [0.15, 0.2) is 0 Å². The summed E-state index contributed by atoms with van der Waals surface area (Å²) in [6, 6.07) is 0. The van der Waals surface area contributed by atoms with Gasteiger partial charge >= 0.3 is 37.2 Å². The number of methoxy groups -OCH3 is 4. The molecule has 0 aromatic rings. The molecule has 10 atom stereocenters. The molecule has 2 fully saturated rings. The fourth-order valence-electron chi connectivity index (χ4n) is 4.12. The molecule has 0 aromatic carbocycles. The summed E-state index contributed by atoms with van der Waals surface area (Å²) in [6.45, 7) is -1.22. The number of ether oxygens (including phenoxy) is 7. The lowest BCUT2D eigenvalue weighted by atomic mass is 9.96. The van der Waals surface area contributed by atoms with Gasteiger partial charge < -0.3 is 33.2 Å². The van der Waals surface area contributed by atoms with Crippen molar-refractivity contribution < 1.29 is 108 Å². The molecule has 266 valence electrons. The first-order valence-electron chi connectivity index (χ1n) is 11.6. The molecule has 2 rings (SSSR count). The molecule has 2 aliphatic rings. The van der Waals surface area contributed by atoms with E-state index in [4.69, 9.17) is 41.9 Å². The van der Waals surface area contributed by atoms with Gasteiger partial charge in [0.15, 0.2) is 37.1 Å². The highest BCUT2D eigenvalue weighted by atomic mass is 32.3. The molecule has 0 bridgehead atoms. The van der Waals surface area contributed by atoms with Crippen LogP contribution in [-0.4, -0.2) is 148 Å². The molecule has 24 nitrogen and oxygen atoms in total. The summed E-state index contributed by atoms with van der Waals surface area (Å²) >= 11 is 0.155. The number of hydrogen-bond donors (Lipinski definition) is 3. The zero-order valence-electron chi connectivity index (χ0n) is 23.5. The van der Waals surface area contributed by atoms with Gasteiger partial charge in [0.2, 0.25) is 0 Å². The average molecular weight is 747 g/mol. The van der Waals surface area contributed by atoms with Crippen molar-refractivity contribution in [3.05, 3.63) is 0 Å². The average Bonchev–Trinajstić information content (AvgIpc) is 2.93. The quantitative estimate of drug-likeness (QED) is 0.0321. The minimum Gasteiger partial charge on any atom is -0.467 e. The van der Waals surface area contributed by atoms with Crippen LogP contribution in [-0.2, 0) is 100 Å². The fraction of sp³-hybridized carbons (Fsp3) is 0.941. The monoisotopic (exact) mass is 746 g/mol. The lowest BCUT2D eigenvalue weighted by Crippen LogP contribution is -2.67. The minimum atomic E-state index is -5.56. The normalized spacial score (nSPS) is 33.2. The van der Waals surface area contributed by atoms with Gasteiger partial charge in [-0.2, -0.15) is 25.3 Å². The Labute approximate surface area is 260 Å². The summed E-state index contributed by atoms with van der Waals surface area (Å²) in [5.74, 6) is -1.11. The Balaban J connectivity index is 2.63. The van der Waals surface area contributed by atoms with E-state index in [9.17, 15) is 39.2 Å². The van der Waals surface area contributed by atoms with E-state index in [0.29, 0.717) is 0 Å². The molecule has 0 radical (unpaired) electrons. The Bertz CT molecular complexity index is 1260. The first-order valence-corrected chi connectivity index (χ1v) is 16.4. The van der Waals surface area contributed by atoms with E-state index >= 15 is 0 Å². The zero-order valence-corrected chi connectivity index (χ0v) is 26.8. The summed E-state index contributed by atoms with van der Waals surface area (Å²) < 4.78 is 158. The first-order chi connectivity index (χ1) is 20.9. The molecule has 2 heterocycles. The van der Waals surface area contributed by atoms with Gasteiger partial charge in [-0.1, -0.05) is 5.04 Å². The van der Waals surface area contributed by atoms with Crippen molar-refractivity contribution in [1.29, 1.82) is 0 Å². The number of hydrogen-bond acceptors (Lipinski definition) is 22. The van der Waals surface area contributed by atoms with Crippen molar-refractivity contribution in [1.82, 2.24) is 0 Å². The lowest BCUT2D eigenvalue weighted by Gasteiger charge is -2.48. The second-order valence-electron chi connectivity index (χ2n) is 8.35. The van der Waals surface area contributed by atoms with Gasteiger partial charge in [-0.25, -0.2) is 22.2 Å². The smallest absolute Gasteiger partial charge is 0.397 e. The van der Waals surface area contributed by atoms with E-state index in [-0.39, 0.29) is 12.3 Å². The Morgan fingerprint density at radius 2 is 1.31 bits per heavy atom. The molecule has 28 heteroatoms. The molecule has 0 aliphatic carbocycles. The highest BCUT2D eigenvalue weighted by Gasteiger charge is 2.57. The molecule has 0 aromatic heterocycles. The molecule has 3 N–H and O–H groups in total. The van der Waals surface area contributed by atoms with Crippen LogP contribution >= 0.6 is 12.3 Å². The molecular formula is C17H30O24S4. The predicted octanol–water partition coefficient (Wildman–Crippen LogP) is -2.68. The van der Waals surface area contributed by atoms with E-state index in [0.717, 1.165) is 35.5 Å². The summed E-state index contributed by atoms with van der Waals surface area (Å²) in [4.78, 5) is 16.9. The number of esters is 1. The van der Waals surface area contributed by atoms with Crippen molar-refractivity contribution in [2.75, 3.05) is 42.2 Å². The third-order valence-corrected chi connectivity index (χ3v) is 7.48. The lowest BCUT2D eigenvalue weighted by molar-refractivity contribution is -0.450. The van der Waals surface area contributed by atoms with Crippen LogP contribution in [0.3, 0.4) is 0 Å². The molecular weight excluding hydrogens is 716 g/mol. The summed E-state index contributed by atoms with van der Waals surface area (Å²) in [6.07, 6.45) is -18.8. The molecule has 0 saturated carbocycles. The van der Waals surface area contributed by atoms with E-state index in [1.54, 1.807) is 0 Å². The molecule has 2 aliphatic heterocycles. The fourth-order valence-corrected chi connectivity index (χ4v) is 5.81. The van der Waals surface area contributed by atoms with Crippen molar-refractivity contribution in [3.63, 3.8) is 0 Å². The topological polar surface area (TPSA) is 309 Å². The largest absolute Gasteiger partial charge is 0.467 e. The Morgan fingerprint density at radius 1 is 0.711 bits per heavy atom. The second kappa shape index (κ2) is 17.4. The Kier molecular flexibility index (Phi) is 15.6. The van der Waals surface area contributed by atoms with Crippen molar-refractivity contribution in [2.24, 2.45) is 0 Å². The van der Waals surface area contributed by atoms with Gasteiger partial charge in [0.05, 0.1) is 20.8 Å². The van der Waals surface area contributed by atoms with Gasteiger partial charge in [-0.05, 0) is 0 Å². The summed E-state index contributed by atoms with van der Waals surface area (Å²) in [5.41, 5.74) is 0. The number of rotatable bonds is 18. The van der Waals surface area contributed by atoms with Crippen LogP contribution in [0.5, 0.6) is 0 Å². The summed E-state index contributed by atoms with van der Waals surface area (Å²) in [7, 11) is -11.0. The van der Waals surface area contributed by atoms with Crippen molar-refractivity contribution in [2.45, 2.75) is 61.4 Å². The van der Waals surface area contributed by atoms with E-state index < -0.39 is 105 Å². The van der Waals surface area contributed by atoms with E-state index in [1.165, 1.54) is 0 Å². The van der Waals surface area contributed by atoms with Crippen molar-refractivity contribution in [3.8, 4) is 0 Å². The van der Waals surface area contributed by atoms with E-state index in [1.807, 2.05) is 0 Å².